The van der Waals surface area contributed by atoms with E-state index in [1.165, 1.54) is 0 Å². The molecule has 0 saturated carbocycles. The van der Waals surface area contributed by atoms with E-state index < -0.39 is 0 Å². The highest BCUT2D eigenvalue weighted by molar-refractivity contribution is 14.1. The molecule has 0 amide bonds. The first-order valence-corrected chi connectivity index (χ1v) is 4.15. The highest BCUT2D eigenvalue weighted by atomic mass is 127. The number of nitrogens with zero attached hydrogens (tertiary/aromatic N) is 1. The first-order chi connectivity index (χ1) is 4.30. The first-order valence-electron chi connectivity index (χ1n) is 2.90. The molecule has 48 valence electrons. The van der Waals surface area contributed by atoms with Gasteiger partial charge >= 0.3 is 0 Å². The molecule has 1 aromatic rings. The summed E-state index contributed by atoms with van der Waals surface area (Å²) >= 11 is 2.37. The molecule has 2 heteroatoms. The number of pyridine rings is 1. The molecule has 0 bridgehead atoms. The van der Waals surface area contributed by atoms with Crippen LogP contribution in [0.4, 0.5) is 0 Å². The fraction of sp³-hybridized carbons (Fsp3) is 0.286. The summed E-state index contributed by atoms with van der Waals surface area (Å²) < 4.78 is 2.70. The molecule has 0 fully saturated rings. The molecule has 0 N–H and O–H groups in total. The minimum Gasteiger partial charge on any atom is -0.194 e. The number of aromatic nitrogens is 1. The van der Waals surface area contributed by atoms with Crippen LogP contribution in [0.15, 0.2) is 30.6 Å². The lowest BCUT2D eigenvalue weighted by molar-refractivity contribution is -0.691. The van der Waals surface area contributed by atoms with E-state index in [0.29, 0.717) is 4.05 Å². The number of halogens is 1. The van der Waals surface area contributed by atoms with Crippen LogP contribution in [-0.2, 0) is 0 Å². The third kappa shape index (κ3) is 1.93. The van der Waals surface area contributed by atoms with Gasteiger partial charge in [-0.05, 0) is 22.6 Å². The number of rotatable bonds is 1. The van der Waals surface area contributed by atoms with Crippen LogP contribution in [0.3, 0.4) is 0 Å². The summed E-state index contributed by atoms with van der Waals surface area (Å²) in [5.74, 6) is 0. The van der Waals surface area contributed by atoms with Crippen molar-refractivity contribution in [3.05, 3.63) is 30.6 Å². The van der Waals surface area contributed by atoms with E-state index in [1.54, 1.807) is 0 Å². The molecule has 1 heterocycles. The monoisotopic (exact) mass is 234 g/mol. The maximum absolute atomic E-state index is 2.37. The molecule has 0 spiro atoms. The Bertz CT molecular complexity index is 172. The highest BCUT2D eigenvalue weighted by Gasteiger charge is 2.02. The zero-order valence-corrected chi connectivity index (χ0v) is 7.45. The van der Waals surface area contributed by atoms with Crippen molar-refractivity contribution >= 4 is 22.6 Å². The van der Waals surface area contributed by atoms with Crippen molar-refractivity contribution in [1.29, 1.82) is 0 Å². The summed E-state index contributed by atoms with van der Waals surface area (Å²) in [6.45, 7) is 2.15. The van der Waals surface area contributed by atoms with Gasteiger partial charge in [0, 0.05) is 19.1 Å². The van der Waals surface area contributed by atoms with Gasteiger partial charge in [0.25, 0.3) is 0 Å². The summed E-state index contributed by atoms with van der Waals surface area (Å²) in [4.78, 5) is 0. The maximum Gasteiger partial charge on any atom is 0.204 e. The second-order valence-electron chi connectivity index (χ2n) is 1.90. The van der Waals surface area contributed by atoms with Gasteiger partial charge in [-0.15, -0.1) is 0 Å². The first kappa shape index (κ1) is 6.99. The standard InChI is InChI=1S/C7H9IN/c1-7(8)9-5-3-2-4-6-9/h2-7H,1H3/q+1. The van der Waals surface area contributed by atoms with Crippen LogP contribution in [0.2, 0.25) is 0 Å². The van der Waals surface area contributed by atoms with Crippen LogP contribution < -0.4 is 4.57 Å². The predicted molar refractivity (Wildman–Crippen MR) is 45.4 cm³/mol. The summed E-state index contributed by atoms with van der Waals surface area (Å²) in [5.41, 5.74) is 0. The Hall–Kier alpha value is -0.120. The largest absolute Gasteiger partial charge is 0.204 e. The normalized spacial score (nSPS) is 13.1. The molecule has 0 aliphatic carbocycles. The Morgan fingerprint density at radius 1 is 1.22 bits per heavy atom. The van der Waals surface area contributed by atoms with Gasteiger partial charge in [-0.1, -0.05) is 6.07 Å². The Morgan fingerprint density at radius 2 is 1.78 bits per heavy atom. The Morgan fingerprint density at radius 3 is 2.11 bits per heavy atom. The quantitative estimate of drug-likeness (QED) is 0.397. The van der Waals surface area contributed by atoms with Crippen LogP contribution in [0.1, 0.15) is 11.0 Å². The zero-order valence-electron chi connectivity index (χ0n) is 5.29. The lowest BCUT2D eigenvalue weighted by atomic mass is 10.5. The van der Waals surface area contributed by atoms with Crippen molar-refractivity contribution in [2.75, 3.05) is 0 Å². The minimum atomic E-state index is 0.545. The SMILES string of the molecule is CC(I)[n+]1ccccc1. The van der Waals surface area contributed by atoms with E-state index in [1.807, 2.05) is 18.2 Å². The molecule has 1 atom stereocenters. The average molecular weight is 234 g/mol. The van der Waals surface area contributed by atoms with Crippen molar-refractivity contribution in [2.24, 2.45) is 0 Å². The van der Waals surface area contributed by atoms with E-state index in [4.69, 9.17) is 0 Å². The van der Waals surface area contributed by atoms with Crippen LogP contribution in [0.5, 0.6) is 0 Å². The fourth-order valence-electron chi connectivity index (χ4n) is 0.649. The molecule has 1 nitrogen and oxygen atoms in total. The molecule has 1 rings (SSSR count). The maximum atomic E-state index is 2.37. The number of hydrogen-bond donors (Lipinski definition) is 0. The number of hydrogen-bond acceptors (Lipinski definition) is 0. The van der Waals surface area contributed by atoms with E-state index >= 15 is 0 Å². The van der Waals surface area contributed by atoms with Crippen molar-refractivity contribution in [1.82, 2.24) is 0 Å². The van der Waals surface area contributed by atoms with Crippen molar-refractivity contribution < 1.29 is 4.57 Å². The van der Waals surface area contributed by atoms with Gasteiger partial charge in [0.2, 0.25) is 4.05 Å². The zero-order chi connectivity index (χ0) is 6.69. The molecule has 0 aliphatic heterocycles. The van der Waals surface area contributed by atoms with Gasteiger partial charge in [-0.3, -0.25) is 0 Å². The predicted octanol–water partition coefficient (Wildman–Crippen LogP) is 1.93. The molecule has 1 aromatic heterocycles. The van der Waals surface area contributed by atoms with E-state index in [9.17, 15) is 0 Å². The Balaban J connectivity index is 2.85. The van der Waals surface area contributed by atoms with E-state index in [2.05, 4.69) is 46.5 Å². The minimum absolute atomic E-state index is 0.545. The number of alkyl halides is 1. The molecule has 0 aromatic carbocycles. The third-order valence-corrected chi connectivity index (χ3v) is 1.79. The summed E-state index contributed by atoms with van der Waals surface area (Å²) in [6, 6.07) is 6.10. The van der Waals surface area contributed by atoms with Gasteiger partial charge in [0.1, 0.15) is 0 Å². The molecule has 9 heavy (non-hydrogen) atoms. The molecule has 0 radical (unpaired) electrons. The van der Waals surface area contributed by atoms with Gasteiger partial charge in [-0.2, -0.15) is 4.57 Å². The smallest absolute Gasteiger partial charge is 0.194 e. The fourth-order valence-corrected chi connectivity index (χ4v) is 1.02. The second kappa shape index (κ2) is 3.15. The van der Waals surface area contributed by atoms with Crippen LogP contribution in [-0.4, -0.2) is 0 Å². The van der Waals surface area contributed by atoms with Crippen LogP contribution in [0, 0.1) is 0 Å². The topological polar surface area (TPSA) is 3.88 Å². The Kier molecular flexibility index (Phi) is 2.45. The summed E-state index contributed by atoms with van der Waals surface area (Å²) in [6.07, 6.45) is 4.13. The lowest BCUT2D eigenvalue weighted by Crippen LogP contribution is -2.32. The third-order valence-electron chi connectivity index (χ3n) is 1.15. The van der Waals surface area contributed by atoms with Gasteiger partial charge < -0.3 is 0 Å². The average Bonchev–Trinajstić information content (AvgIpc) is 1.90. The molecular weight excluding hydrogens is 225 g/mol. The van der Waals surface area contributed by atoms with Crippen molar-refractivity contribution in [3.63, 3.8) is 0 Å². The molecule has 0 aliphatic rings. The lowest BCUT2D eigenvalue weighted by Gasteiger charge is -1.94. The second-order valence-corrected chi connectivity index (χ2v) is 3.70. The highest BCUT2D eigenvalue weighted by Crippen LogP contribution is 2.02. The van der Waals surface area contributed by atoms with E-state index in [0.717, 1.165) is 0 Å². The van der Waals surface area contributed by atoms with Crippen LogP contribution in [0.25, 0.3) is 0 Å². The van der Waals surface area contributed by atoms with Crippen molar-refractivity contribution in [2.45, 2.75) is 11.0 Å². The summed E-state index contributed by atoms with van der Waals surface area (Å²) in [5, 5.41) is 0. The molecular formula is C7H9IN+. The van der Waals surface area contributed by atoms with Gasteiger partial charge in [0.05, 0.1) is 0 Å². The van der Waals surface area contributed by atoms with Gasteiger partial charge in [0.15, 0.2) is 12.4 Å². The summed E-state index contributed by atoms with van der Waals surface area (Å²) in [7, 11) is 0. The Labute approximate surface area is 68.9 Å². The van der Waals surface area contributed by atoms with Crippen molar-refractivity contribution in [3.8, 4) is 0 Å². The molecule has 1 unspecified atom stereocenters. The molecule has 0 saturated heterocycles. The van der Waals surface area contributed by atoms with Crippen LogP contribution >= 0.6 is 22.6 Å². The van der Waals surface area contributed by atoms with Gasteiger partial charge in [-0.25, -0.2) is 0 Å². The van der Waals surface area contributed by atoms with E-state index in [-0.39, 0.29) is 0 Å².